The van der Waals surface area contributed by atoms with Crippen LogP contribution in [0.15, 0.2) is 145 Å². The number of ether oxygens (including phenoxy) is 2. The van der Waals surface area contributed by atoms with Gasteiger partial charge in [-0.2, -0.15) is 0 Å². The molecule has 0 radical (unpaired) electrons. The number of benzene rings is 4. The molecule has 123 heavy (non-hydrogen) atoms. The van der Waals surface area contributed by atoms with Crippen LogP contribution in [0.25, 0.3) is 11.3 Å². The molecule has 0 spiro atoms. The molecule has 13 rings (SSSR count). The van der Waals surface area contributed by atoms with E-state index in [1.165, 1.54) is 49.2 Å². The molecule has 9 heterocycles. The second kappa shape index (κ2) is 50.9. The Bertz CT molecular complexity index is 4910. The van der Waals surface area contributed by atoms with Crippen LogP contribution in [0.5, 0.6) is 11.8 Å². The van der Waals surface area contributed by atoms with Crippen molar-refractivity contribution >= 4 is 93.9 Å². The van der Waals surface area contributed by atoms with Crippen molar-refractivity contribution in [1.29, 1.82) is 0 Å². The van der Waals surface area contributed by atoms with Gasteiger partial charge in [-0.25, -0.2) is 69.5 Å². The third-order valence-corrected chi connectivity index (χ3v) is 25.7. The summed E-state index contributed by atoms with van der Waals surface area (Å²) in [4.78, 5) is 68.5. The molecule has 1 fully saturated rings. The molecule has 0 bridgehead atoms. The summed E-state index contributed by atoms with van der Waals surface area (Å²) in [7, 11) is 0.971. The Labute approximate surface area is 742 Å². The number of nitrogens with one attached hydrogen (secondary N) is 3. The van der Waals surface area contributed by atoms with E-state index in [0.29, 0.717) is 139 Å². The van der Waals surface area contributed by atoms with E-state index in [4.69, 9.17) is 80.1 Å². The summed E-state index contributed by atoms with van der Waals surface area (Å²) < 4.78 is 70.9. The lowest BCUT2D eigenvalue weighted by molar-refractivity contribution is 0.0784. The number of halogens is 5. The van der Waals surface area contributed by atoms with E-state index in [0.717, 1.165) is 94.3 Å². The second-order valence-electron chi connectivity index (χ2n) is 29.2. The molecule has 9 aromatic rings. The molecule has 4 aliphatic heterocycles. The van der Waals surface area contributed by atoms with Gasteiger partial charge in [-0.15, -0.1) is 0 Å². The average Bonchev–Trinajstić information content (AvgIpc) is 0.841. The van der Waals surface area contributed by atoms with Gasteiger partial charge >= 0.3 is 7.12 Å². The Morgan fingerprint density at radius 2 is 0.886 bits per heavy atom. The van der Waals surface area contributed by atoms with Gasteiger partial charge in [0.1, 0.15) is 17.5 Å². The minimum absolute atomic E-state index is 0. The first-order chi connectivity index (χ1) is 56.2. The lowest BCUT2D eigenvalue weighted by Crippen LogP contribution is -2.45. The molecular formula is C88H126BBr2F3N18O10Si. The summed E-state index contributed by atoms with van der Waals surface area (Å²) in [5.41, 5.74) is 38.8. The Balaban J connectivity index is 0.000000343. The number of aryl methyl sites for hydroxylation is 3. The number of rotatable bonds is 25. The SMILES string of the molecule is C.C.C.C.C.C.COc1cccc(-c2cc(F)ccc2[C@H]2Cc3nc(N)nc(C)c3C(NOCCCCO)=N2)n1.COc1cccc(B2OCCN(c3ccccc3)CCO2)n1.Cc1nc(N)nc2c1C(NOCCCCO)=N[C@@H](c1ccc(F)cc1Br)C2.Cc1nc(N)nc2c1C(NOCCCCO[Si](C)(C)C(C)(C)C)=N[C@@H](c1ccc(F)cc1Br)C2. The van der Waals surface area contributed by atoms with Crippen LogP contribution in [0.3, 0.4) is 0 Å². The van der Waals surface area contributed by atoms with Crippen LogP contribution < -0.4 is 53.6 Å². The summed E-state index contributed by atoms with van der Waals surface area (Å²) in [5, 5.41) is 18.0. The minimum Gasteiger partial charge on any atom is -0.481 e. The third-order valence-electron chi connectivity index (χ3n) is 19.8. The van der Waals surface area contributed by atoms with Gasteiger partial charge in [0.2, 0.25) is 29.6 Å². The van der Waals surface area contributed by atoms with Crippen molar-refractivity contribution in [2.45, 2.75) is 180 Å². The highest BCUT2D eigenvalue weighted by atomic mass is 79.9. The number of nitrogen functional groups attached to an aromatic ring is 3. The number of aliphatic hydroxyl groups is 2. The highest BCUT2D eigenvalue weighted by Crippen LogP contribution is 2.40. The van der Waals surface area contributed by atoms with Gasteiger partial charge in [0.25, 0.3) is 0 Å². The molecule has 11 N–H and O–H groups in total. The number of nitrogens with two attached hydrogens (primary N) is 3. The first-order valence-electron chi connectivity index (χ1n) is 38.6. The van der Waals surface area contributed by atoms with Crippen LogP contribution in [0.4, 0.5) is 36.7 Å². The monoisotopic (exact) mass is 1850 g/mol. The Hall–Kier alpha value is -9.66. The van der Waals surface area contributed by atoms with Gasteiger partial charge < -0.3 is 55.5 Å². The maximum Gasteiger partial charge on any atom is 0.513 e. The number of aromatic nitrogens is 8. The predicted molar refractivity (Wildman–Crippen MR) is 496 cm³/mol. The smallest absolute Gasteiger partial charge is 0.481 e. The van der Waals surface area contributed by atoms with Gasteiger partial charge in [0.05, 0.1) is 114 Å². The number of pyridine rings is 2. The maximum atomic E-state index is 14.3. The van der Waals surface area contributed by atoms with E-state index in [9.17, 15) is 13.2 Å². The first-order valence-corrected chi connectivity index (χ1v) is 43.1. The fourth-order valence-electron chi connectivity index (χ4n) is 12.9. The number of methoxy groups -OCH3 is 2. The molecule has 4 aliphatic rings. The van der Waals surface area contributed by atoms with E-state index >= 15 is 0 Å². The lowest BCUT2D eigenvalue weighted by Gasteiger charge is -2.36. The fraction of sp³-hybridized carbons (Fsp3) is 0.443. The van der Waals surface area contributed by atoms with Crippen molar-refractivity contribution in [3.63, 3.8) is 0 Å². The normalized spacial score (nSPS) is 15.0. The van der Waals surface area contributed by atoms with Gasteiger partial charge in [-0.05, 0) is 155 Å². The van der Waals surface area contributed by atoms with Gasteiger partial charge in [0.15, 0.2) is 25.8 Å². The molecule has 0 amide bonds. The highest BCUT2D eigenvalue weighted by Gasteiger charge is 2.38. The number of amidine groups is 3. The van der Waals surface area contributed by atoms with Crippen LogP contribution >= 0.6 is 31.9 Å². The maximum absolute atomic E-state index is 14.3. The van der Waals surface area contributed by atoms with E-state index in [2.05, 4.69) is 139 Å². The predicted octanol–water partition coefficient (Wildman–Crippen LogP) is 16.3. The molecule has 0 aliphatic carbocycles. The van der Waals surface area contributed by atoms with Crippen molar-refractivity contribution in [3.05, 3.63) is 215 Å². The Kier molecular flexibility index (Phi) is 43.8. The number of hydroxylamine groups is 3. The highest BCUT2D eigenvalue weighted by molar-refractivity contribution is 9.10. The number of hydrogen-bond acceptors (Lipinski definition) is 28. The van der Waals surface area contributed by atoms with Crippen LogP contribution in [-0.4, -0.2) is 163 Å². The van der Waals surface area contributed by atoms with Crippen LogP contribution in [0, 0.1) is 38.2 Å². The zero-order valence-electron chi connectivity index (χ0n) is 67.4. The topological polar surface area (TPSA) is 372 Å². The van der Waals surface area contributed by atoms with E-state index in [1.54, 1.807) is 43.5 Å². The molecule has 670 valence electrons. The molecule has 4 aromatic carbocycles. The average molecular weight is 1850 g/mol. The lowest BCUT2D eigenvalue weighted by atomic mass is 9.83. The fourth-order valence-corrected chi connectivity index (χ4v) is 15.2. The summed E-state index contributed by atoms with van der Waals surface area (Å²) in [6, 6.07) is 34.0. The third kappa shape index (κ3) is 29.5. The van der Waals surface area contributed by atoms with Crippen molar-refractivity contribution in [3.8, 4) is 23.0 Å². The number of unbranched alkanes of at least 4 members (excludes halogenated alkanes) is 3. The van der Waals surface area contributed by atoms with E-state index < -0.39 is 21.5 Å². The number of aliphatic imine (C=N–C) groups is 3. The number of anilines is 4. The van der Waals surface area contributed by atoms with E-state index in [-0.39, 0.29) is 110 Å². The molecule has 3 atom stereocenters. The van der Waals surface area contributed by atoms with Gasteiger partial charge in [-0.1, -0.05) is 146 Å². The summed E-state index contributed by atoms with van der Waals surface area (Å²) in [6.07, 6.45) is 5.97. The zero-order chi connectivity index (χ0) is 83.8. The number of fused-ring (bicyclic) bond motifs is 3. The minimum atomic E-state index is -1.73. The van der Waals surface area contributed by atoms with E-state index in [1.807, 2.05) is 57.2 Å². The number of hydrogen-bond donors (Lipinski definition) is 8. The second-order valence-corrected chi connectivity index (χ2v) is 35.7. The van der Waals surface area contributed by atoms with Gasteiger partial charge in [0, 0.05) is 97.7 Å². The molecule has 35 heteroatoms. The van der Waals surface area contributed by atoms with Crippen molar-refractivity contribution < 1.29 is 61.1 Å². The standard InChI is InChI=1S/C24H35BrFN5O2Si.C24H27FN6O3.C18H21BrFN5O2.C16H19BN2O3.6CH4/c1-15-21-20(30-23(27)28-15)14-19(17-10-9-16(26)13-18(17)25)29-22(21)31-32-11-7-8-12-33-34(5,6)24(2,3)4;1-14-22-20(30-24(26)27-14)13-19(29-23(22)31-34-11-4-3-10-32)16-9-8-15(25)12-17(16)18-6-5-7-21(28-18)33-2;1-10-16-15(24-18(21)22-10)9-14(12-5-4-11(20)8-13(12)19)23-17(16)25-27-7-3-2-6-26;1-20-16-9-5-8-15(18-16)17-21-12-10-19(11-13-22-17)14-6-3-2-4-7-14;;;;;;/h9-10,13,19H,7-8,11-12,14H2,1-6H3,(H,29,31)(H2,27,28,30);5-9,12,19,32H,3-4,10-11,13H2,1-2H3,(H,29,31)(H2,26,27,30);4-5,8,14,26H,2-3,6-7,9H2,1H3,(H,23,25)(H2,21,22,24);2-9H,10-13H2,1H3;6*1H4/t2*19-;14-;;;;;;;/m111......./s1. The molecule has 0 unspecified atom stereocenters. The number of aliphatic hydroxyl groups excluding tert-OH is 2. The zero-order valence-corrected chi connectivity index (χ0v) is 71.6. The molecule has 5 aromatic heterocycles. The summed E-state index contributed by atoms with van der Waals surface area (Å²) >= 11 is 6.87. The Morgan fingerprint density at radius 1 is 0.496 bits per heavy atom. The van der Waals surface area contributed by atoms with Crippen molar-refractivity contribution in [2.24, 2.45) is 15.0 Å². The molecule has 1 saturated heterocycles. The molecular weight excluding hydrogens is 1720 g/mol. The van der Waals surface area contributed by atoms with Crippen LogP contribution in [0.1, 0.15) is 190 Å². The Morgan fingerprint density at radius 3 is 1.30 bits per heavy atom. The summed E-state index contributed by atoms with van der Waals surface area (Å²) in [5.74, 6) is 2.13. The first kappa shape index (κ1) is 106. The van der Waals surface area contributed by atoms with Gasteiger partial charge in [-0.3, -0.25) is 29.5 Å². The molecule has 0 saturated carbocycles. The molecule has 28 nitrogen and oxygen atoms in total. The number of nitrogens with zero attached hydrogens (tertiary/aromatic N) is 12. The van der Waals surface area contributed by atoms with Crippen LogP contribution in [-0.2, 0) is 47.5 Å². The van der Waals surface area contributed by atoms with Crippen molar-refractivity contribution in [1.82, 2.24) is 56.3 Å². The number of para-hydroxylation sites is 1. The summed E-state index contributed by atoms with van der Waals surface area (Å²) in [6.45, 7) is 21.9. The largest absolute Gasteiger partial charge is 0.513 e. The quantitative estimate of drug-likeness (QED) is 0.0150. The van der Waals surface area contributed by atoms with Crippen molar-refractivity contribution in [2.75, 3.05) is 102 Å². The van der Waals surface area contributed by atoms with Crippen LogP contribution in [0.2, 0.25) is 18.1 Å².